The fraction of sp³-hybridized carbons (Fsp3) is 0.356. The number of hydrogen-bond acceptors (Lipinski definition) is 8. The molecule has 2 N–H and O–H groups in total. The zero-order chi connectivity index (χ0) is 53.2. The second kappa shape index (κ2) is 28.6. The highest BCUT2D eigenvalue weighted by atomic mass is 127. The van der Waals surface area contributed by atoms with Gasteiger partial charge in [0.05, 0.1) is 39.6 Å². The molecule has 0 fully saturated rings. The SMILES string of the molecule is C.CNC(=O)C(c1ccccc1)N1CCc2cc(OC)c(OC)cc2[C@@H]1CCc1ccc(C(F)(F)F)cc1.CNC(=O)C(c1ccccc1)N1CCc2cc(OC)c(OC)cc2[C@@H]1CCc1ccc(C(F)(F)F)cc1.Cl.I. The van der Waals surface area contributed by atoms with Gasteiger partial charge in [-0.25, -0.2) is 0 Å². The number of rotatable bonds is 16. The zero-order valence-corrected chi connectivity index (χ0v) is 46.2. The summed E-state index contributed by atoms with van der Waals surface area (Å²) in [5.74, 6) is 2.24. The van der Waals surface area contributed by atoms with Gasteiger partial charge in [0.15, 0.2) is 23.0 Å². The molecule has 77 heavy (non-hydrogen) atoms. The second-order valence-corrected chi connectivity index (χ2v) is 18.1. The Hall–Kier alpha value is -6.02. The first-order chi connectivity index (χ1) is 35.5. The number of methoxy groups -OCH3 is 4. The Kier molecular flexibility index (Phi) is 23.6. The average molecular weight is 1210 g/mol. The maximum absolute atomic E-state index is 13.2. The zero-order valence-electron chi connectivity index (χ0n) is 43.1. The normalized spacial score (nSPS) is 15.9. The maximum Gasteiger partial charge on any atom is 0.416 e. The van der Waals surface area contributed by atoms with Crippen molar-refractivity contribution in [2.45, 2.75) is 82.5 Å². The Labute approximate surface area is 471 Å². The van der Waals surface area contributed by atoms with Gasteiger partial charge in [-0.05, 0) is 132 Å². The van der Waals surface area contributed by atoms with E-state index in [1.54, 1.807) is 42.5 Å². The van der Waals surface area contributed by atoms with Crippen LogP contribution in [0.15, 0.2) is 133 Å². The molecule has 416 valence electrons. The lowest BCUT2D eigenvalue weighted by atomic mass is 9.86. The number of fused-ring (bicyclic) bond motifs is 2. The molecule has 4 atom stereocenters. The van der Waals surface area contributed by atoms with Gasteiger partial charge in [-0.15, -0.1) is 36.4 Å². The van der Waals surface area contributed by atoms with Crippen molar-refractivity contribution in [3.63, 3.8) is 0 Å². The molecule has 2 aliphatic rings. The third-order valence-electron chi connectivity index (χ3n) is 13.9. The monoisotopic (exact) mass is 1200 g/mol. The van der Waals surface area contributed by atoms with Gasteiger partial charge >= 0.3 is 12.4 Å². The van der Waals surface area contributed by atoms with Gasteiger partial charge in [-0.2, -0.15) is 26.3 Å². The Morgan fingerprint density at radius 2 is 0.844 bits per heavy atom. The molecule has 2 amide bonds. The quantitative estimate of drug-likeness (QED) is 0.0730. The molecule has 0 saturated carbocycles. The Bertz CT molecular complexity index is 2640. The predicted octanol–water partition coefficient (Wildman–Crippen LogP) is 13.2. The molecule has 0 bridgehead atoms. The lowest BCUT2D eigenvalue weighted by Crippen LogP contribution is -2.44. The summed E-state index contributed by atoms with van der Waals surface area (Å²) in [6.07, 6.45) is -5.01. The summed E-state index contributed by atoms with van der Waals surface area (Å²) in [6.45, 7) is 1.26. The van der Waals surface area contributed by atoms with Crippen molar-refractivity contribution in [2.75, 3.05) is 55.6 Å². The van der Waals surface area contributed by atoms with Crippen molar-refractivity contribution in [3.8, 4) is 23.0 Å². The first-order valence-corrected chi connectivity index (χ1v) is 24.4. The van der Waals surface area contributed by atoms with Crippen molar-refractivity contribution in [2.24, 2.45) is 0 Å². The highest BCUT2D eigenvalue weighted by Gasteiger charge is 2.39. The van der Waals surface area contributed by atoms with E-state index in [0.717, 1.165) is 68.8 Å². The Balaban J connectivity index is 0.000000320. The molecule has 0 radical (unpaired) electrons. The van der Waals surface area contributed by atoms with Crippen LogP contribution in [0.3, 0.4) is 0 Å². The molecular formula is C59H68ClF6IN4O6. The van der Waals surface area contributed by atoms with Crippen LogP contribution in [0.25, 0.3) is 0 Å². The number of nitrogens with zero attached hydrogens (tertiary/aromatic N) is 2. The van der Waals surface area contributed by atoms with Crippen LogP contribution in [0.2, 0.25) is 0 Å². The van der Waals surface area contributed by atoms with E-state index in [9.17, 15) is 35.9 Å². The fourth-order valence-electron chi connectivity index (χ4n) is 10.2. The number of benzene rings is 6. The average Bonchev–Trinajstić information content (AvgIpc) is 3.41. The number of likely N-dealkylation sites (N-methyl/N-ethyl adjacent to an activating group) is 2. The van der Waals surface area contributed by atoms with E-state index >= 15 is 0 Å². The molecule has 10 nitrogen and oxygen atoms in total. The third-order valence-corrected chi connectivity index (χ3v) is 13.9. The van der Waals surface area contributed by atoms with Crippen molar-refractivity contribution in [3.05, 3.63) is 189 Å². The van der Waals surface area contributed by atoms with Crippen LogP contribution in [0.1, 0.15) is 100 Å². The predicted molar refractivity (Wildman–Crippen MR) is 301 cm³/mol. The number of amides is 2. The van der Waals surface area contributed by atoms with Gasteiger partial charge in [0, 0.05) is 39.3 Å². The van der Waals surface area contributed by atoms with Crippen LogP contribution in [0.5, 0.6) is 23.0 Å². The minimum atomic E-state index is -4.37. The van der Waals surface area contributed by atoms with Crippen LogP contribution < -0.4 is 29.6 Å². The molecule has 18 heteroatoms. The first-order valence-electron chi connectivity index (χ1n) is 24.4. The van der Waals surface area contributed by atoms with Crippen LogP contribution in [-0.4, -0.2) is 77.2 Å². The maximum atomic E-state index is 13.2. The molecule has 2 aliphatic heterocycles. The highest BCUT2D eigenvalue weighted by molar-refractivity contribution is 14.0. The molecule has 8 rings (SSSR count). The minimum Gasteiger partial charge on any atom is -0.493 e. The molecule has 2 heterocycles. The van der Waals surface area contributed by atoms with Gasteiger partial charge in [0.2, 0.25) is 11.8 Å². The number of halogens is 8. The lowest BCUT2D eigenvalue weighted by Gasteiger charge is -2.42. The van der Waals surface area contributed by atoms with Gasteiger partial charge < -0.3 is 29.6 Å². The third kappa shape index (κ3) is 15.2. The van der Waals surface area contributed by atoms with Crippen molar-refractivity contribution >= 4 is 48.2 Å². The lowest BCUT2D eigenvalue weighted by molar-refractivity contribution is -0.138. The summed E-state index contributed by atoms with van der Waals surface area (Å²) in [4.78, 5) is 30.8. The van der Waals surface area contributed by atoms with E-state index in [4.69, 9.17) is 18.9 Å². The summed E-state index contributed by atoms with van der Waals surface area (Å²) >= 11 is 0. The Morgan fingerprint density at radius 3 is 1.13 bits per heavy atom. The van der Waals surface area contributed by atoms with Crippen molar-refractivity contribution < 1.29 is 54.9 Å². The number of alkyl halides is 6. The summed E-state index contributed by atoms with van der Waals surface area (Å²) in [5.41, 5.74) is 6.30. The minimum absolute atomic E-state index is 0. The van der Waals surface area contributed by atoms with E-state index in [1.807, 2.05) is 84.9 Å². The number of carbonyl (C=O) groups is 2. The summed E-state index contributed by atoms with van der Waals surface area (Å²) < 4.78 is 100. The molecule has 0 aliphatic carbocycles. The second-order valence-electron chi connectivity index (χ2n) is 18.1. The van der Waals surface area contributed by atoms with E-state index in [2.05, 4.69) is 20.4 Å². The smallest absolute Gasteiger partial charge is 0.416 e. The van der Waals surface area contributed by atoms with Gasteiger partial charge in [-0.3, -0.25) is 19.4 Å². The number of hydrogen-bond donors (Lipinski definition) is 2. The van der Waals surface area contributed by atoms with Crippen molar-refractivity contribution in [1.82, 2.24) is 20.4 Å². The summed E-state index contributed by atoms with van der Waals surface area (Å²) in [7, 11) is 9.61. The topological polar surface area (TPSA) is 102 Å². The van der Waals surface area contributed by atoms with E-state index < -0.39 is 35.6 Å². The van der Waals surface area contributed by atoms with Gasteiger partial charge in [0.1, 0.15) is 12.1 Å². The van der Waals surface area contributed by atoms with Gasteiger partial charge in [0.25, 0.3) is 0 Å². The van der Waals surface area contributed by atoms with Crippen LogP contribution >= 0.6 is 36.4 Å². The molecule has 0 aromatic heterocycles. The summed E-state index contributed by atoms with van der Waals surface area (Å²) in [5, 5.41) is 5.62. The largest absolute Gasteiger partial charge is 0.493 e. The molecule has 0 spiro atoms. The highest BCUT2D eigenvalue weighted by Crippen LogP contribution is 2.45. The van der Waals surface area contributed by atoms with E-state index in [0.29, 0.717) is 74.6 Å². The molecule has 6 aromatic carbocycles. The first kappa shape index (κ1) is 63.5. The molecule has 2 unspecified atom stereocenters. The summed E-state index contributed by atoms with van der Waals surface area (Å²) in [6, 6.07) is 36.3. The van der Waals surface area contributed by atoms with Crippen molar-refractivity contribution in [1.29, 1.82) is 0 Å². The van der Waals surface area contributed by atoms with E-state index in [-0.39, 0.29) is 67.7 Å². The number of ether oxygens (including phenoxy) is 4. The van der Waals surface area contributed by atoms with E-state index in [1.165, 1.54) is 24.3 Å². The molecule has 6 aromatic rings. The van der Waals surface area contributed by atoms with Gasteiger partial charge in [-0.1, -0.05) is 92.4 Å². The van der Waals surface area contributed by atoms with Crippen LogP contribution in [-0.2, 0) is 47.6 Å². The molecule has 0 saturated heterocycles. The Morgan fingerprint density at radius 1 is 0.532 bits per heavy atom. The van der Waals surface area contributed by atoms with Crippen LogP contribution in [0, 0.1) is 0 Å². The number of aryl methyl sites for hydroxylation is 2. The standard InChI is InChI=1S/2C29H31F3N2O3.CH4.ClH.HI/c2*1-33-28(35)27(20-7-5-4-6-8-20)34-16-15-21-17-25(36-2)26(37-3)18-23(21)24(34)14-11-19-9-12-22(13-10-19)29(30,31)32;;;/h2*4-10,12-13,17-18,24,27H,11,14-16H2,1-3H3,(H,33,35);1H4;2*1H/t2*24-,27?;;;/m00.../s1. The fourth-order valence-corrected chi connectivity index (χ4v) is 10.2. The number of carbonyl (C=O) groups excluding carboxylic acids is 2. The van der Waals surface area contributed by atoms with Crippen LogP contribution in [0.4, 0.5) is 26.3 Å². The number of nitrogens with one attached hydrogen (secondary N) is 2. The molecular weight excluding hydrogens is 1140 g/mol.